The lowest BCUT2D eigenvalue weighted by atomic mass is 9.99. The van der Waals surface area contributed by atoms with E-state index in [1.165, 1.54) is 24.4 Å². The molecule has 0 bridgehead atoms. The van der Waals surface area contributed by atoms with E-state index in [9.17, 15) is 9.18 Å². The molecule has 92 valence electrons. The second kappa shape index (κ2) is 4.74. The number of benzene rings is 1. The van der Waals surface area contributed by atoms with E-state index >= 15 is 0 Å². The van der Waals surface area contributed by atoms with Crippen LogP contribution in [-0.2, 0) is 0 Å². The topological polar surface area (TPSA) is 50.2 Å². The average Bonchev–Trinajstić information content (AvgIpc) is 2.32. The number of hydrogen-bond acceptors (Lipinski definition) is 2. The van der Waals surface area contributed by atoms with Gasteiger partial charge in [0.05, 0.1) is 10.6 Å². The van der Waals surface area contributed by atoms with Crippen LogP contribution in [0.15, 0.2) is 30.5 Å². The largest absolute Gasteiger partial charge is 0.478 e. The molecule has 1 heterocycles. The summed E-state index contributed by atoms with van der Waals surface area (Å²) in [5.41, 5.74) is 1.46. The van der Waals surface area contributed by atoms with Crippen molar-refractivity contribution < 1.29 is 14.3 Å². The molecule has 1 aromatic carbocycles. The number of aryl methyl sites for hydroxylation is 1. The highest BCUT2D eigenvalue weighted by molar-refractivity contribution is 6.30. The zero-order valence-corrected chi connectivity index (χ0v) is 10.2. The van der Waals surface area contributed by atoms with Gasteiger partial charge in [0.15, 0.2) is 0 Å². The molecule has 2 rings (SSSR count). The van der Waals surface area contributed by atoms with Gasteiger partial charge in [-0.25, -0.2) is 9.18 Å². The Bertz CT molecular complexity index is 628. The summed E-state index contributed by atoms with van der Waals surface area (Å²) < 4.78 is 13.4. The van der Waals surface area contributed by atoms with E-state index in [4.69, 9.17) is 16.7 Å². The van der Waals surface area contributed by atoms with Crippen LogP contribution >= 0.6 is 11.6 Å². The number of carbonyl (C=O) groups is 1. The minimum Gasteiger partial charge on any atom is -0.478 e. The first-order valence-electron chi connectivity index (χ1n) is 5.15. The Balaban J connectivity index is 2.69. The van der Waals surface area contributed by atoms with Crippen LogP contribution in [0.4, 0.5) is 4.39 Å². The molecular formula is C13H9ClFNO2. The van der Waals surface area contributed by atoms with E-state index < -0.39 is 11.8 Å². The summed E-state index contributed by atoms with van der Waals surface area (Å²) in [7, 11) is 0. The Morgan fingerprint density at radius 3 is 2.72 bits per heavy atom. The fourth-order valence-electron chi connectivity index (χ4n) is 1.76. The Morgan fingerprint density at radius 2 is 2.11 bits per heavy atom. The van der Waals surface area contributed by atoms with Crippen molar-refractivity contribution in [3.05, 3.63) is 52.6 Å². The summed E-state index contributed by atoms with van der Waals surface area (Å²) in [5.74, 6) is -1.67. The highest BCUT2D eigenvalue weighted by Crippen LogP contribution is 2.29. The van der Waals surface area contributed by atoms with E-state index in [1.54, 1.807) is 13.0 Å². The number of aromatic carboxylic acids is 1. The third kappa shape index (κ3) is 2.19. The smallest absolute Gasteiger partial charge is 0.336 e. The Hall–Kier alpha value is -1.94. The first-order valence-corrected chi connectivity index (χ1v) is 5.53. The minimum absolute atomic E-state index is 0.00262. The maximum atomic E-state index is 13.4. The Morgan fingerprint density at radius 1 is 1.39 bits per heavy atom. The number of carboxylic acids is 1. The summed E-state index contributed by atoms with van der Waals surface area (Å²) in [6.45, 7) is 1.67. The van der Waals surface area contributed by atoms with Crippen molar-refractivity contribution in [2.24, 2.45) is 0 Å². The molecule has 1 N–H and O–H groups in total. The van der Waals surface area contributed by atoms with Gasteiger partial charge in [-0.15, -0.1) is 0 Å². The van der Waals surface area contributed by atoms with Crippen LogP contribution in [0.3, 0.4) is 0 Å². The van der Waals surface area contributed by atoms with Crippen LogP contribution in [0.25, 0.3) is 11.1 Å². The fourth-order valence-corrected chi connectivity index (χ4v) is 1.88. The number of carboxylic acid groups (broad SMARTS) is 1. The number of aromatic nitrogens is 1. The van der Waals surface area contributed by atoms with Crippen molar-refractivity contribution in [1.82, 2.24) is 4.98 Å². The molecule has 5 heteroatoms. The zero-order valence-electron chi connectivity index (χ0n) is 9.45. The summed E-state index contributed by atoms with van der Waals surface area (Å²) in [6, 6.07) is 5.56. The average molecular weight is 266 g/mol. The molecular weight excluding hydrogens is 257 g/mol. The van der Waals surface area contributed by atoms with Crippen molar-refractivity contribution in [1.29, 1.82) is 0 Å². The molecule has 1 aromatic heterocycles. The van der Waals surface area contributed by atoms with Gasteiger partial charge in [0.25, 0.3) is 0 Å². The molecule has 0 fully saturated rings. The molecule has 0 aliphatic heterocycles. The number of hydrogen-bond donors (Lipinski definition) is 1. The Labute approximate surface area is 108 Å². The fraction of sp³-hybridized carbons (Fsp3) is 0.0769. The first kappa shape index (κ1) is 12.5. The van der Waals surface area contributed by atoms with Crippen LogP contribution in [0.1, 0.15) is 16.1 Å². The lowest BCUT2D eigenvalue weighted by Gasteiger charge is -2.09. The standard InChI is InChI=1S/C13H9ClFNO2/c1-7-12(9(13(17)18)4-5-16-7)8-2-3-10(14)11(15)6-8/h2-6H,1H3,(H,17,18). The van der Waals surface area contributed by atoms with Crippen LogP contribution < -0.4 is 0 Å². The van der Waals surface area contributed by atoms with Crippen molar-refractivity contribution in [2.45, 2.75) is 6.92 Å². The zero-order chi connectivity index (χ0) is 13.3. The molecule has 0 atom stereocenters. The normalized spacial score (nSPS) is 10.4. The maximum absolute atomic E-state index is 13.4. The van der Waals surface area contributed by atoms with Gasteiger partial charge >= 0.3 is 5.97 Å². The van der Waals surface area contributed by atoms with Crippen LogP contribution in [0, 0.1) is 12.7 Å². The SMILES string of the molecule is Cc1nccc(C(=O)O)c1-c1ccc(Cl)c(F)c1. The van der Waals surface area contributed by atoms with E-state index in [2.05, 4.69) is 4.98 Å². The molecule has 0 saturated heterocycles. The van der Waals surface area contributed by atoms with Crippen LogP contribution in [0.2, 0.25) is 5.02 Å². The molecule has 0 amide bonds. The highest BCUT2D eigenvalue weighted by Gasteiger charge is 2.15. The first-order chi connectivity index (χ1) is 8.50. The number of halogens is 2. The molecule has 0 saturated carbocycles. The summed E-state index contributed by atoms with van der Waals surface area (Å²) in [5, 5.41) is 9.13. The monoisotopic (exact) mass is 265 g/mol. The number of pyridine rings is 1. The van der Waals surface area contributed by atoms with Gasteiger partial charge in [0, 0.05) is 17.5 Å². The summed E-state index contributed by atoms with van der Waals surface area (Å²) in [6.07, 6.45) is 1.41. The second-order valence-electron chi connectivity index (χ2n) is 3.75. The summed E-state index contributed by atoms with van der Waals surface area (Å²) >= 11 is 5.60. The molecule has 18 heavy (non-hydrogen) atoms. The lowest BCUT2D eigenvalue weighted by Crippen LogP contribution is -2.02. The van der Waals surface area contributed by atoms with Crippen molar-refractivity contribution >= 4 is 17.6 Å². The second-order valence-corrected chi connectivity index (χ2v) is 4.16. The third-order valence-corrected chi connectivity index (χ3v) is 2.89. The van der Waals surface area contributed by atoms with Gasteiger partial charge in [-0.05, 0) is 30.7 Å². The molecule has 0 spiro atoms. The van der Waals surface area contributed by atoms with Gasteiger partial charge in [0.2, 0.25) is 0 Å². The van der Waals surface area contributed by atoms with Crippen LogP contribution in [0.5, 0.6) is 0 Å². The quantitative estimate of drug-likeness (QED) is 0.903. The molecule has 0 radical (unpaired) electrons. The highest BCUT2D eigenvalue weighted by atomic mass is 35.5. The van der Waals surface area contributed by atoms with Gasteiger partial charge < -0.3 is 5.11 Å². The molecule has 2 aromatic rings. The van der Waals surface area contributed by atoms with Gasteiger partial charge in [-0.2, -0.15) is 0 Å². The van der Waals surface area contributed by atoms with Crippen molar-refractivity contribution in [3.63, 3.8) is 0 Å². The van der Waals surface area contributed by atoms with E-state index in [0.717, 1.165) is 0 Å². The van der Waals surface area contributed by atoms with Gasteiger partial charge in [-0.1, -0.05) is 17.7 Å². The van der Waals surface area contributed by atoms with Gasteiger partial charge in [0.1, 0.15) is 5.82 Å². The molecule has 0 unspecified atom stereocenters. The maximum Gasteiger partial charge on any atom is 0.336 e. The van der Waals surface area contributed by atoms with E-state index in [0.29, 0.717) is 16.8 Å². The van der Waals surface area contributed by atoms with E-state index in [-0.39, 0.29) is 10.6 Å². The third-order valence-electron chi connectivity index (χ3n) is 2.58. The number of rotatable bonds is 2. The summed E-state index contributed by atoms with van der Waals surface area (Å²) in [4.78, 5) is 15.2. The lowest BCUT2D eigenvalue weighted by molar-refractivity contribution is 0.0697. The predicted molar refractivity (Wildman–Crippen MR) is 66.3 cm³/mol. The van der Waals surface area contributed by atoms with E-state index in [1.807, 2.05) is 0 Å². The van der Waals surface area contributed by atoms with Crippen LogP contribution in [-0.4, -0.2) is 16.1 Å². The Kier molecular flexibility index (Phi) is 3.30. The van der Waals surface area contributed by atoms with Gasteiger partial charge in [-0.3, -0.25) is 4.98 Å². The molecule has 0 aliphatic rings. The minimum atomic E-state index is -1.08. The predicted octanol–water partition coefficient (Wildman–Crippen LogP) is 3.55. The van der Waals surface area contributed by atoms with Crippen molar-refractivity contribution in [2.75, 3.05) is 0 Å². The molecule has 0 aliphatic carbocycles. The molecule has 3 nitrogen and oxygen atoms in total. The van der Waals surface area contributed by atoms with Crippen molar-refractivity contribution in [3.8, 4) is 11.1 Å². The number of nitrogens with zero attached hydrogens (tertiary/aromatic N) is 1.